The molecule has 0 spiro atoms. The molecule has 3 aliphatic carbocycles. The number of primary amides is 1. The number of hydrogen-bond acceptors (Lipinski definition) is 4. The number of hydrogen-bond donors (Lipinski definition) is 3. The first-order valence-electron chi connectivity index (χ1n) is 9.26. The number of nitrogens with two attached hydrogens (primary N) is 1. The summed E-state index contributed by atoms with van der Waals surface area (Å²) in [6.45, 7) is 0. The maximum absolute atomic E-state index is 14.4. The number of halogens is 2. The number of fused-ring (bicyclic) bond motifs is 2. The van der Waals surface area contributed by atoms with Crippen molar-refractivity contribution in [3.8, 4) is 0 Å². The van der Waals surface area contributed by atoms with Crippen LogP contribution in [0.4, 0.5) is 14.5 Å². The number of nitrogens with zero attached hydrogens (tertiary/aromatic N) is 1. The van der Waals surface area contributed by atoms with Gasteiger partial charge in [0.05, 0.1) is 5.69 Å². The summed E-state index contributed by atoms with van der Waals surface area (Å²) < 4.78 is 27.7. The molecule has 27 heavy (non-hydrogen) atoms. The number of rotatable bonds is 4. The minimum absolute atomic E-state index is 0.194. The summed E-state index contributed by atoms with van der Waals surface area (Å²) in [5.74, 6) is -1.41. The van der Waals surface area contributed by atoms with E-state index in [1.165, 1.54) is 12.1 Å². The van der Waals surface area contributed by atoms with Gasteiger partial charge >= 0.3 is 0 Å². The number of carbonyl (C=O) groups is 2. The van der Waals surface area contributed by atoms with Crippen molar-refractivity contribution in [1.29, 1.82) is 0 Å². The Morgan fingerprint density at radius 2 is 2.07 bits per heavy atom. The molecular formula is C19H20F2N4O2. The number of carbonyl (C=O) groups excluding carboxylic acids is 2. The maximum Gasteiger partial charge on any atom is 0.244 e. The van der Waals surface area contributed by atoms with E-state index in [4.69, 9.17) is 5.73 Å². The van der Waals surface area contributed by atoms with Gasteiger partial charge in [0.15, 0.2) is 5.82 Å². The van der Waals surface area contributed by atoms with Crippen molar-refractivity contribution in [1.82, 2.24) is 10.7 Å². The minimum Gasteiger partial charge on any atom is -0.368 e. The van der Waals surface area contributed by atoms with Gasteiger partial charge in [0.25, 0.3) is 0 Å². The standard InChI is InChI=1S/C19H20F2N4O2/c20-10-2-3-14(13(21)8-10)25-16-11-6-9(11)7-12(16)15(24-25)17(26)23-19(18(22)27)4-1-5-19/h2-3,8-9,11,15,24H,1,4-7H2,(H2,22,27)(H,23,26)/t9-,11-,15?/m0/s1. The fourth-order valence-electron chi connectivity index (χ4n) is 4.64. The summed E-state index contributed by atoms with van der Waals surface area (Å²) in [5, 5.41) is 4.41. The summed E-state index contributed by atoms with van der Waals surface area (Å²) in [7, 11) is 0. The molecule has 2 fully saturated rings. The molecular weight excluding hydrogens is 354 g/mol. The van der Waals surface area contributed by atoms with Crippen LogP contribution in [0.3, 0.4) is 0 Å². The number of nitrogens with one attached hydrogen (secondary N) is 2. The van der Waals surface area contributed by atoms with E-state index in [2.05, 4.69) is 10.7 Å². The molecule has 1 unspecified atom stereocenters. The zero-order valence-corrected chi connectivity index (χ0v) is 14.6. The third-order valence-corrected chi connectivity index (χ3v) is 6.39. The number of benzene rings is 1. The first-order chi connectivity index (χ1) is 12.9. The largest absolute Gasteiger partial charge is 0.368 e. The molecule has 4 aliphatic rings. The average Bonchev–Trinajstić information content (AvgIpc) is 3.07. The third-order valence-electron chi connectivity index (χ3n) is 6.39. The van der Waals surface area contributed by atoms with Crippen molar-refractivity contribution < 1.29 is 18.4 Å². The Morgan fingerprint density at radius 1 is 1.30 bits per heavy atom. The second-order valence-corrected chi connectivity index (χ2v) is 8.00. The van der Waals surface area contributed by atoms with Crippen LogP contribution in [0.2, 0.25) is 0 Å². The van der Waals surface area contributed by atoms with Crippen LogP contribution in [-0.2, 0) is 9.59 Å². The molecule has 5 rings (SSSR count). The highest BCUT2D eigenvalue weighted by molar-refractivity contribution is 5.95. The molecule has 6 nitrogen and oxygen atoms in total. The molecule has 2 saturated carbocycles. The number of anilines is 1. The molecule has 1 aromatic rings. The molecule has 4 N–H and O–H groups in total. The molecule has 0 bridgehead atoms. The van der Waals surface area contributed by atoms with Crippen LogP contribution in [0.15, 0.2) is 29.5 Å². The highest BCUT2D eigenvalue weighted by Crippen LogP contribution is 2.58. The van der Waals surface area contributed by atoms with Crippen molar-refractivity contribution in [2.24, 2.45) is 17.6 Å². The lowest BCUT2D eigenvalue weighted by molar-refractivity contribution is -0.135. The zero-order valence-electron chi connectivity index (χ0n) is 14.6. The third kappa shape index (κ3) is 2.39. The Bertz CT molecular complexity index is 896. The number of hydrazine groups is 1. The summed E-state index contributed by atoms with van der Waals surface area (Å²) in [5.41, 5.74) is 9.61. The van der Waals surface area contributed by atoms with E-state index in [0.29, 0.717) is 24.7 Å². The summed E-state index contributed by atoms with van der Waals surface area (Å²) in [4.78, 5) is 24.7. The quantitative estimate of drug-likeness (QED) is 0.745. The predicted molar refractivity (Wildman–Crippen MR) is 92.9 cm³/mol. The van der Waals surface area contributed by atoms with E-state index in [-0.39, 0.29) is 11.6 Å². The van der Waals surface area contributed by atoms with Crippen LogP contribution in [0.25, 0.3) is 0 Å². The van der Waals surface area contributed by atoms with Crippen LogP contribution in [-0.4, -0.2) is 23.4 Å². The van der Waals surface area contributed by atoms with E-state index in [9.17, 15) is 18.4 Å². The second kappa shape index (κ2) is 5.51. The van der Waals surface area contributed by atoms with Gasteiger partial charge in [-0.15, -0.1) is 0 Å². The molecule has 142 valence electrons. The van der Waals surface area contributed by atoms with E-state index in [1.807, 2.05) is 0 Å². The van der Waals surface area contributed by atoms with Gasteiger partial charge in [-0.3, -0.25) is 14.6 Å². The van der Waals surface area contributed by atoms with Gasteiger partial charge in [-0.05, 0) is 55.7 Å². The SMILES string of the molecule is NC(=O)C1(NC(=O)C2NN(c3ccc(F)cc3F)C3=C2C[C@@H]2C[C@H]32)CCC1. The Hall–Kier alpha value is -2.48. The van der Waals surface area contributed by atoms with Gasteiger partial charge in [-0.1, -0.05) is 0 Å². The molecule has 8 heteroatoms. The second-order valence-electron chi connectivity index (χ2n) is 8.00. The lowest BCUT2D eigenvalue weighted by atomic mass is 9.76. The molecule has 1 aliphatic heterocycles. The van der Waals surface area contributed by atoms with Gasteiger partial charge < -0.3 is 11.1 Å². The van der Waals surface area contributed by atoms with Crippen LogP contribution < -0.4 is 21.5 Å². The van der Waals surface area contributed by atoms with Crippen molar-refractivity contribution in [3.63, 3.8) is 0 Å². The molecule has 3 atom stereocenters. The molecule has 0 radical (unpaired) electrons. The lowest BCUT2D eigenvalue weighted by Crippen LogP contribution is -2.64. The minimum atomic E-state index is -0.977. The predicted octanol–water partition coefficient (Wildman–Crippen LogP) is 1.48. The maximum atomic E-state index is 14.4. The lowest BCUT2D eigenvalue weighted by Gasteiger charge is -2.40. The molecule has 0 aromatic heterocycles. The fraction of sp³-hybridized carbons (Fsp3) is 0.474. The van der Waals surface area contributed by atoms with Gasteiger partial charge in [0.2, 0.25) is 11.8 Å². The van der Waals surface area contributed by atoms with Crippen LogP contribution >= 0.6 is 0 Å². The van der Waals surface area contributed by atoms with E-state index in [1.54, 1.807) is 5.01 Å². The van der Waals surface area contributed by atoms with Crippen LogP contribution in [0.5, 0.6) is 0 Å². The monoisotopic (exact) mass is 374 g/mol. The smallest absolute Gasteiger partial charge is 0.244 e. The van der Waals surface area contributed by atoms with Crippen LogP contribution in [0, 0.1) is 23.5 Å². The topological polar surface area (TPSA) is 87.5 Å². The Morgan fingerprint density at radius 3 is 2.70 bits per heavy atom. The molecule has 2 amide bonds. The highest BCUT2D eigenvalue weighted by Gasteiger charge is 2.56. The van der Waals surface area contributed by atoms with Gasteiger partial charge in [-0.2, -0.15) is 0 Å². The van der Waals surface area contributed by atoms with Crippen molar-refractivity contribution in [3.05, 3.63) is 41.1 Å². The van der Waals surface area contributed by atoms with E-state index in [0.717, 1.165) is 36.6 Å². The Labute approximate surface area is 154 Å². The average molecular weight is 374 g/mol. The normalized spacial score (nSPS) is 29.9. The summed E-state index contributed by atoms with van der Waals surface area (Å²) >= 11 is 0. The highest BCUT2D eigenvalue weighted by atomic mass is 19.1. The molecule has 1 heterocycles. The van der Waals surface area contributed by atoms with Gasteiger partial charge in [0, 0.05) is 17.7 Å². The van der Waals surface area contributed by atoms with E-state index < -0.39 is 29.1 Å². The van der Waals surface area contributed by atoms with Gasteiger partial charge in [-0.25, -0.2) is 14.2 Å². The zero-order chi connectivity index (χ0) is 18.9. The molecule has 0 saturated heterocycles. The van der Waals surface area contributed by atoms with Crippen molar-refractivity contribution >= 4 is 17.5 Å². The first-order valence-corrected chi connectivity index (χ1v) is 9.26. The summed E-state index contributed by atoms with van der Waals surface area (Å²) in [6, 6.07) is 2.73. The van der Waals surface area contributed by atoms with Crippen LogP contribution in [0.1, 0.15) is 32.1 Å². The Balaban J connectivity index is 1.45. The van der Waals surface area contributed by atoms with E-state index >= 15 is 0 Å². The number of amides is 2. The Kier molecular flexibility index (Phi) is 3.40. The van der Waals surface area contributed by atoms with Crippen molar-refractivity contribution in [2.45, 2.75) is 43.7 Å². The molecule has 1 aromatic carbocycles. The first kappa shape index (κ1) is 16.7. The summed E-state index contributed by atoms with van der Waals surface area (Å²) in [6.07, 6.45) is 3.70. The fourth-order valence-corrected chi connectivity index (χ4v) is 4.64. The van der Waals surface area contributed by atoms with Crippen molar-refractivity contribution in [2.75, 3.05) is 5.01 Å². The van der Waals surface area contributed by atoms with Gasteiger partial charge in [0.1, 0.15) is 17.4 Å². The number of allylic oxidation sites excluding steroid dienone is 1.